The van der Waals surface area contributed by atoms with Gasteiger partial charge in [-0.2, -0.15) is 0 Å². The van der Waals surface area contributed by atoms with Crippen molar-refractivity contribution >= 4 is 15.9 Å². The highest BCUT2D eigenvalue weighted by Crippen LogP contribution is 2.33. The first-order valence-electron chi connectivity index (χ1n) is 5.71. The van der Waals surface area contributed by atoms with Crippen molar-refractivity contribution in [2.75, 3.05) is 14.1 Å². The molecule has 0 aliphatic rings. The zero-order valence-electron chi connectivity index (χ0n) is 10.8. The van der Waals surface area contributed by atoms with E-state index in [2.05, 4.69) is 34.7 Å². The summed E-state index contributed by atoms with van der Waals surface area (Å²) in [5.74, 6) is -0.248. The number of nitrogens with zero attached hydrogens (tertiary/aromatic N) is 1. The number of rotatable bonds is 4. The molecule has 2 N–H and O–H groups in total. The summed E-state index contributed by atoms with van der Waals surface area (Å²) >= 11 is 3.35. The molecule has 0 aliphatic carbocycles. The van der Waals surface area contributed by atoms with E-state index in [1.165, 1.54) is 6.07 Å². The summed E-state index contributed by atoms with van der Waals surface area (Å²) in [5.41, 5.74) is 6.54. The third kappa shape index (κ3) is 2.87. The molecular formula is C13H20BrFN2. The van der Waals surface area contributed by atoms with E-state index < -0.39 is 0 Å². The van der Waals surface area contributed by atoms with Crippen LogP contribution in [0.5, 0.6) is 0 Å². The predicted octanol–water partition coefficient (Wildman–Crippen LogP) is 3.32. The van der Waals surface area contributed by atoms with Gasteiger partial charge in [0.2, 0.25) is 0 Å². The van der Waals surface area contributed by atoms with E-state index in [0.29, 0.717) is 5.56 Å². The van der Waals surface area contributed by atoms with Crippen molar-refractivity contribution in [2.24, 2.45) is 5.73 Å². The lowest BCUT2D eigenvalue weighted by Gasteiger charge is -2.41. The van der Waals surface area contributed by atoms with Crippen LogP contribution in [0.3, 0.4) is 0 Å². The Morgan fingerprint density at radius 3 is 2.53 bits per heavy atom. The lowest BCUT2D eigenvalue weighted by molar-refractivity contribution is 0.130. The number of benzene rings is 1. The van der Waals surface area contributed by atoms with Crippen LogP contribution in [-0.2, 0) is 0 Å². The Morgan fingerprint density at radius 2 is 2.06 bits per heavy atom. The standard InChI is InChI=1S/C13H20BrFN2/c1-5-13(2,17(3)4)12(16)10-8-9(14)6-7-11(10)15/h6-8,12H,5,16H2,1-4H3. The van der Waals surface area contributed by atoms with Gasteiger partial charge in [-0.1, -0.05) is 22.9 Å². The molecule has 2 nitrogen and oxygen atoms in total. The lowest BCUT2D eigenvalue weighted by Crippen LogP contribution is -2.49. The fourth-order valence-corrected chi connectivity index (χ4v) is 2.28. The maximum Gasteiger partial charge on any atom is 0.128 e. The molecule has 96 valence electrons. The first kappa shape index (κ1) is 14.6. The molecule has 17 heavy (non-hydrogen) atoms. The minimum atomic E-state index is -0.361. The highest BCUT2D eigenvalue weighted by atomic mass is 79.9. The molecule has 0 amide bonds. The summed E-state index contributed by atoms with van der Waals surface area (Å²) in [7, 11) is 3.94. The fourth-order valence-electron chi connectivity index (χ4n) is 1.90. The zero-order chi connectivity index (χ0) is 13.2. The highest BCUT2D eigenvalue weighted by Gasteiger charge is 2.34. The van der Waals surface area contributed by atoms with Crippen LogP contribution in [0, 0.1) is 5.82 Å². The van der Waals surface area contributed by atoms with E-state index in [4.69, 9.17) is 5.73 Å². The summed E-state index contributed by atoms with van der Waals surface area (Å²) in [5, 5.41) is 0. The fraction of sp³-hybridized carbons (Fsp3) is 0.538. The first-order chi connectivity index (χ1) is 7.82. The lowest BCUT2D eigenvalue weighted by atomic mass is 9.84. The van der Waals surface area contributed by atoms with E-state index in [-0.39, 0.29) is 17.4 Å². The normalized spacial score (nSPS) is 16.9. The largest absolute Gasteiger partial charge is 0.322 e. The van der Waals surface area contributed by atoms with E-state index in [1.807, 2.05) is 14.1 Å². The third-order valence-electron chi connectivity index (χ3n) is 3.70. The molecule has 0 fully saturated rings. The minimum absolute atomic E-state index is 0.248. The van der Waals surface area contributed by atoms with E-state index >= 15 is 0 Å². The van der Waals surface area contributed by atoms with Crippen LogP contribution in [0.15, 0.2) is 22.7 Å². The van der Waals surface area contributed by atoms with Crippen molar-refractivity contribution in [1.82, 2.24) is 4.90 Å². The van der Waals surface area contributed by atoms with Crippen LogP contribution in [-0.4, -0.2) is 24.5 Å². The van der Waals surface area contributed by atoms with Crippen LogP contribution in [0.25, 0.3) is 0 Å². The van der Waals surface area contributed by atoms with Crippen LogP contribution in [0.4, 0.5) is 4.39 Å². The topological polar surface area (TPSA) is 29.3 Å². The molecule has 0 aliphatic heterocycles. The Bertz CT molecular complexity index is 395. The molecule has 0 spiro atoms. The van der Waals surface area contributed by atoms with Gasteiger partial charge in [-0.25, -0.2) is 4.39 Å². The molecule has 4 heteroatoms. The Morgan fingerprint density at radius 1 is 1.47 bits per heavy atom. The number of halogens is 2. The predicted molar refractivity (Wildman–Crippen MR) is 73.4 cm³/mol. The molecule has 2 atom stereocenters. The molecule has 0 heterocycles. The maximum absolute atomic E-state index is 13.8. The van der Waals surface area contributed by atoms with Gasteiger partial charge in [0, 0.05) is 15.6 Å². The van der Waals surface area contributed by atoms with Gasteiger partial charge in [0.05, 0.1) is 6.04 Å². The Hall–Kier alpha value is -0.450. The SMILES string of the molecule is CCC(C)(C(N)c1cc(Br)ccc1F)N(C)C. The molecule has 0 saturated carbocycles. The van der Waals surface area contributed by atoms with Gasteiger partial charge in [0.15, 0.2) is 0 Å². The van der Waals surface area contributed by atoms with Gasteiger partial charge < -0.3 is 10.6 Å². The summed E-state index contributed by atoms with van der Waals surface area (Å²) in [6, 6.07) is 4.53. The molecule has 1 rings (SSSR count). The average molecular weight is 303 g/mol. The highest BCUT2D eigenvalue weighted by molar-refractivity contribution is 9.10. The van der Waals surface area contributed by atoms with Crippen molar-refractivity contribution in [2.45, 2.75) is 31.8 Å². The van der Waals surface area contributed by atoms with Crippen LogP contribution in [0.2, 0.25) is 0 Å². The maximum atomic E-state index is 13.8. The Labute approximate surface area is 111 Å². The zero-order valence-corrected chi connectivity index (χ0v) is 12.4. The van der Waals surface area contributed by atoms with Gasteiger partial charge in [-0.3, -0.25) is 0 Å². The number of hydrogen-bond acceptors (Lipinski definition) is 2. The van der Waals surface area contributed by atoms with Gasteiger partial charge in [0.1, 0.15) is 5.82 Å². The number of likely N-dealkylation sites (N-methyl/N-ethyl adjacent to an activating group) is 1. The molecule has 1 aromatic rings. The second-order valence-corrected chi connectivity index (χ2v) is 5.66. The Kier molecular flexibility index (Phi) is 4.69. The van der Waals surface area contributed by atoms with Gasteiger partial charge in [-0.05, 0) is 45.6 Å². The van der Waals surface area contributed by atoms with Crippen molar-refractivity contribution in [3.63, 3.8) is 0 Å². The van der Waals surface area contributed by atoms with E-state index in [1.54, 1.807) is 12.1 Å². The molecular weight excluding hydrogens is 283 g/mol. The van der Waals surface area contributed by atoms with Crippen LogP contribution < -0.4 is 5.73 Å². The average Bonchev–Trinajstić information content (AvgIpc) is 2.30. The monoisotopic (exact) mass is 302 g/mol. The smallest absolute Gasteiger partial charge is 0.128 e. The minimum Gasteiger partial charge on any atom is -0.322 e. The summed E-state index contributed by atoms with van der Waals surface area (Å²) in [4.78, 5) is 2.05. The molecule has 0 radical (unpaired) electrons. The number of nitrogens with two attached hydrogens (primary N) is 1. The molecule has 0 aromatic heterocycles. The van der Waals surface area contributed by atoms with Gasteiger partial charge in [0.25, 0.3) is 0 Å². The summed E-state index contributed by atoms with van der Waals surface area (Å²) in [6.45, 7) is 4.12. The van der Waals surface area contributed by atoms with E-state index in [9.17, 15) is 4.39 Å². The van der Waals surface area contributed by atoms with Gasteiger partial charge in [-0.15, -0.1) is 0 Å². The van der Waals surface area contributed by atoms with Crippen molar-refractivity contribution < 1.29 is 4.39 Å². The molecule has 0 saturated heterocycles. The van der Waals surface area contributed by atoms with Crippen LogP contribution in [0.1, 0.15) is 31.9 Å². The van der Waals surface area contributed by atoms with Crippen molar-refractivity contribution in [3.05, 3.63) is 34.1 Å². The first-order valence-corrected chi connectivity index (χ1v) is 6.50. The second kappa shape index (κ2) is 5.46. The molecule has 0 bridgehead atoms. The van der Waals surface area contributed by atoms with Crippen molar-refractivity contribution in [1.29, 1.82) is 0 Å². The second-order valence-electron chi connectivity index (χ2n) is 4.75. The van der Waals surface area contributed by atoms with Crippen LogP contribution >= 0.6 is 15.9 Å². The molecule has 1 aromatic carbocycles. The Balaban J connectivity index is 3.18. The van der Waals surface area contributed by atoms with Gasteiger partial charge >= 0.3 is 0 Å². The summed E-state index contributed by atoms with van der Waals surface area (Å²) < 4.78 is 14.7. The third-order valence-corrected chi connectivity index (χ3v) is 4.19. The molecule has 2 unspecified atom stereocenters. The quantitative estimate of drug-likeness (QED) is 0.924. The number of hydrogen-bond donors (Lipinski definition) is 1. The van der Waals surface area contributed by atoms with Crippen molar-refractivity contribution in [3.8, 4) is 0 Å². The van der Waals surface area contributed by atoms with E-state index in [0.717, 1.165) is 10.9 Å². The summed E-state index contributed by atoms with van der Waals surface area (Å²) in [6.07, 6.45) is 0.854.